The number of rotatable bonds is 6. The fraction of sp³-hybridized carbons (Fsp3) is 0.769. The smallest absolute Gasteiger partial charge is 0.234 e. The molecule has 0 atom stereocenters. The van der Waals surface area contributed by atoms with Gasteiger partial charge in [0.2, 0.25) is 5.91 Å². The fourth-order valence-electron chi connectivity index (χ4n) is 2.08. The minimum atomic E-state index is 0.146. The van der Waals surface area contributed by atoms with Crippen molar-refractivity contribution in [2.24, 2.45) is 0 Å². The standard InChI is InChI=1S/C13H24N2O/c1-2-3-7-10-14-11-13(16)15-12-8-5-4-6-9-12/h2-3,12,14H,4-11H2,1H3,(H,15,16)/b3-2+. The molecule has 16 heavy (non-hydrogen) atoms. The zero-order valence-electron chi connectivity index (χ0n) is 10.3. The van der Waals surface area contributed by atoms with E-state index in [1.165, 1.54) is 19.3 Å². The lowest BCUT2D eigenvalue weighted by molar-refractivity contribution is -0.121. The van der Waals surface area contributed by atoms with Crippen molar-refractivity contribution in [2.45, 2.75) is 51.5 Å². The Morgan fingerprint density at radius 3 is 2.75 bits per heavy atom. The molecule has 0 radical (unpaired) electrons. The van der Waals surface area contributed by atoms with E-state index in [4.69, 9.17) is 0 Å². The van der Waals surface area contributed by atoms with Gasteiger partial charge in [0.15, 0.2) is 0 Å². The Labute approximate surface area is 98.7 Å². The number of hydrogen-bond acceptors (Lipinski definition) is 2. The second kappa shape index (κ2) is 8.34. The van der Waals surface area contributed by atoms with E-state index in [9.17, 15) is 4.79 Å². The minimum absolute atomic E-state index is 0.146. The molecule has 0 saturated heterocycles. The van der Waals surface area contributed by atoms with Gasteiger partial charge in [-0.3, -0.25) is 4.79 Å². The normalized spacial score (nSPS) is 17.8. The first-order valence-corrected chi connectivity index (χ1v) is 6.44. The number of carbonyl (C=O) groups is 1. The fourth-order valence-corrected chi connectivity index (χ4v) is 2.08. The first kappa shape index (κ1) is 13.2. The van der Waals surface area contributed by atoms with E-state index in [1.54, 1.807) is 0 Å². The third kappa shape index (κ3) is 5.91. The lowest BCUT2D eigenvalue weighted by Crippen LogP contribution is -2.41. The predicted molar refractivity (Wildman–Crippen MR) is 67.3 cm³/mol. The van der Waals surface area contributed by atoms with Crippen LogP contribution in [-0.2, 0) is 4.79 Å². The maximum atomic E-state index is 11.6. The third-order valence-corrected chi connectivity index (χ3v) is 2.98. The SMILES string of the molecule is C/C=C/CCNCC(=O)NC1CCCCC1. The highest BCUT2D eigenvalue weighted by Gasteiger charge is 2.14. The summed E-state index contributed by atoms with van der Waals surface area (Å²) in [5.41, 5.74) is 0. The van der Waals surface area contributed by atoms with Crippen molar-refractivity contribution in [3.63, 3.8) is 0 Å². The molecule has 2 N–H and O–H groups in total. The van der Waals surface area contributed by atoms with Gasteiger partial charge in [-0.05, 0) is 32.7 Å². The summed E-state index contributed by atoms with van der Waals surface area (Å²) in [5, 5.41) is 6.24. The summed E-state index contributed by atoms with van der Waals surface area (Å²) in [6.07, 6.45) is 11.3. The average Bonchev–Trinajstić information content (AvgIpc) is 2.30. The Morgan fingerprint density at radius 2 is 2.06 bits per heavy atom. The van der Waals surface area contributed by atoms with Crippen LogP contribution in [0.3, 0.4) is 0 Å². The highest BCUT2D eigenvalue weighted by Crippen LogP contribution is 2.16. The van der Waals surface area contributed by atoms with Gasteiger partial charge < -0.3 is 10.6 Å². The lowest BCUT2D eigenvalue weighted by atomic mass is 9.95. The van der Waals surface area contributed by atoms with Gasteiger partial charge in [-0.2, -0.15) is 0 Å². The number of amides is 1. The summed E-state index contributed by atoms with van der Waals surface area (Å²) >= 11 is 0. The summed E-state index contributed by atoms with van der Waals surface area (Å²) in [6, 6.07) is 0.429. The lowest BCUT2D eigenvalue weighted by Gasteiger charge is -2.22. The Kier molecular flexibility index (Phi) is 6.90. The quantitative estimate of drug-likeness (QED) is 0.535. The number of carbonyl (C=O) groups excluding carboxylic acids is 1. The van der Waals surface area contributed by atoms with Crippen LogP contribution in [0.2, 0.25) is 0 Å². The molecule has 1 saturated carbocycles. The molecule has 1 amide bonds. The highest BCUT2D eigenvalue weighted by atomic mass is 16.1. The van der Waals surface area contributed by atoms with E-state index in [1.807, 2.05) is 13.0 Å². The number of nitrogens with one attached hydrogen (secondary N) is 2. The van der Waals surface area contributed by atoms with E-state index in [0.29, 0.717) is 12.6 Å². The first-order valence-electron chi connectivity index (χ1n) is 6.44. The predicted octanol–water partition coefficient (Wildman–Crippen LogP) is 1.99. The van der Waals surface area contributed by atoms with Crippen LogP contribution in [0.5, 0.6) is 0 Å². The van der Waals surface area contributed by atoms with Crippen molar-refractivity contribution in [2.75, 3.05) is 13.1 Å². The van der Waals surface area contributed by atoms with Crippen LogP contribution >= 0.6 is 0 Å². The van der Waals surface area contributed by atoms with E-state index in [2.05, 4.69) is 16.7 Å². The summed E-state index contributed by atoms with van der Waals surface area (Å²) in [7, 11) is 0. The maximum Gasteiger partial charge on any atom is 0.234 e. The Hall–Kier alpha value is -0.830. The van der Waals surface area contributed by atoms with Gasteiger partial charge in [0.25, 0.3) is 0 Å². The van der Waals surface area contributed by atoms with Crippen molar-refractivity contribution in [3.05, 3.63) is 12.2 Å². The molecule has 1 rings (SSSR count). The molecule has 0 aromatic carbocycles. The second-order valence-corrected chi connectivity index (χ2v) is 4.44. The summed E-state index contributed by atoms with van der Waals surface area (Å²) < 4.78 is 0. The largest absolute Gasteiger partial charge is 0.352 e. The van der Waals surface area contributed by atoms with Gasteiger partial charge in [0.1, 0.15) is 0 Å². The molecule has 0 bridgehead atoms. The monoisotopic (exact) mass is 224 g/mol. The van der Waals surface area contributed by atoms with Gasteiger partial charge in [0, 0.05) is 6.04 Å². The number of allylic oxidation sites excluding steroid dienone is 1. The molecule has 0 spiro atoms. The van der Waals surface area contributed by atoms with Crippen LogP contribution in [0.1, 0.15) is 45.4 Å². The third-order valence-electron chi connectivity index (χ3n) is 2.98. The first-order chi connectivity index (χ1) is 7.83. The van der Waals surface area contributed by atoms with Gasteiger partial charge in [-0.1, -0.05) is 31.4 Å². The molecule has 0 aromatic rings. The van der Waals surface area contributed by atoms with Gasteiger partial charge in [-0.25, -0.2) is 0 Å². The molecule has 3 nitrogen and oxygen atoms in total. The van der Waals surface area contributed by atoms with Crippen molar-refractivity contribution >= 4 is 5.91 Å². The average molecular weight is 224 g/mol. The second-order valence-electron chi connectivity index (χ2n) is 4.44. The molecule has 1 aliphatic rings. The topological polar surface area (TPSA) is 41.1 Å². The van der Waals surface area contributed by atoms with E-state index in [0.717, 1.165) is 25.8 Å². The molecule has 0 heterocycles. The summed E-state index contributed by atoms with van der Waals surface area (Å²) in [6.45, 7) is 3.34. The molecule has 0 unspecified atom stereocenters. The van der Waals surface area contributed by atoms with Crippen LogP contribution in [0.15, 0.2) is 12.2 Å². The van der Waals surface area contributed by atoms with Crippen molar-refractivity contribution in [1.82, 2.24) is 10.6 Å². The van der Waals surface area contributed by atoms with Gasteiger partial charge in [-0.15, -0.1) is 0 Å². The molecule has 1 fully saturated rings. The Morgan fingerprint density at radius 1 is 1.31 bits per heavy atom. The molecule has 0 aromatic heterocycles. The molecule has 1 aliphatic carbocycles. The van der Waals surface area contributed by atoms with E-state index in [-0.39, 0.29) is 5.91 Å². The van der Waals surface area contributed by atoms with Crippen molar-refractivity contribution < 1.29 is 4.79 Å². The zero-order valence-corrected chi connectivity index (χ0v) is 10.3. The maximum absolute atomic E-state index is 11.6. The van der Waals surface area contributed by atoms with Crippen molar-refractivity contribution in [3.8, 4) is 0 Å². The van der Waals surface area contributed by atoms with Crippen LogP contribution < -0.4 is 10.6 Å². The van der Waals surface area contributed by atoms with Crippen molar-refractivity contribution in [1.29, 1.82) is 0 Å². The molecule has 0 aliphatic heterocycles. The van der Waals surface area contributed by atoms with Gasteiger partial charge in [0.05, 0.1) is 6.54 Å². The van der Waals surface area contributed by atoms with Crippen LogP contribution in [0, 0.1) is 0 Å². The van der Waals surface area contributed by atoms with E-state index >= 15 is 0 Å². The zero-order chi connectivity index (χ0) is 11.6. The number of hydrogen-bond donors (Lipinski definition) is 2. The summed E-state index contributed by atoms with van der Waals surface area (Å²) in [5.74, 6) is 0.146. The van der Waals surface area contributed by atoms with Gasteiger partial charge >= 0.3 is 0 Å². The highest BCUT2D eigenvalue weighted by molar-refractivity contribution is 5.78. The van der Waals surface area contributed by atoms with Crippen LogP contribution in [0.25, 0.3) is 0 Å². The summed E-state index contributed by atoms with van der Waals surface area (Å²) in [4.78, 5) is 11.6. The molecule has 92 valence electrons. The minimum Gasteiger partial charge on any atom is -0.352 e. The molecule has 3 heteroatoms. The molecular formula is C13H24N2O. The molecular weight excluding hydrogens is 200 g/mol. The Bertz CT molecular complexity index is 220. The Balaban J connectivity index is 2.01. The van der Waals surface area contributed by atoms with Crippen LogP contribution in [-0.4, -0.2) is 25.0 Å². The van der Waals surface area contributed by atoms with Crippen LogP contribution in [0.4, 0.5) is 0 Å². The van der Waals surface area contributed by atoms with E-state index < -0.39 is 0 Å².